The van der Waals surface area contributed by atoms with Gasteiger partial charge in [0.2, 0.25) is 5.91 Å². The Balaban J connectivity index is 0.00000144. The number of hydrogen-bond donors (Lipinski definition) is 1. The van der Waals surface area contributed by atoms with Crippen LogP contribution < -0.4 is 5.32 Å². The number of hydrogen-bond acceptors (Lipinski definition) is 3. The van der Waals surface area contributed by atoms with E-state index in [1.54, 1.807) is 11.2 Å². The zero-order chi connectivity index (χ0) is 11.6. The number of nitrogens with one attached hydrogen (secondary N) is 1. The fraction of sp³-hybridized carbons (Fsp3) is 0.583. The molecule has 5 heteroatoms. The van der Waals surface area contributed by atoms with Gasteiger partial charge in [-0.25, -0.2) is 0 Å². The number of halogens is 1. The highest BCUT2D eigenvalue weighted by molar-refractivity contribution is 5.85. The average molecular weight is 259 g/mol. The highest BCUT2D eigenvalue weighted by atomic mass is 35.5. The van der Waals surface area contributed by atoms with Crippen LogP contribution in [0.25, 0.3) is 0 Å². The van der Waals surface area contributed by atoms with Crippen molar-refractivity contribution in [2.75, 3.05) is 20.1 Å². The molecular formula is C12H19ClN2O2. The summed E-state index contributed by atoms with van der Waals surface area (Å²) in [5, 5.41) is 3.24. The van der Waals surface area contributed by atoms with Crippen LogP contribution in [-0.4, -0.2) is 30.9 Å². The van der Waals surface area contributed by atoms with Crippen molar-refractivity contribution in [3.63, 3.8) is 0 Å². The second kappa shape index (κ2) is 5.56. The summed E-state index contributed by atoms with van der Waals surface area (Å²) in [5.41, 5.74) is -0.249. The minimum absolute atomic E-state index is 0. The van der Waals surface area contributed by atoms with Crippen LogP contribution in [0.15, 0.2) is 22.8 Å². The molecule has 96 valence electrons. The molecule has 1 fully saturated rings. The van der Waals surface area contributed by atoms with Gasteiger partial charge in [0.25, 0.3) is 0 Å². The molecule has 0 aliphatic carbocycles. The Morgan fingerprint density at radius 2 is 2.41 bits per heavy atom. The molecule has 4 nitrogen and oxygen atoms in total. The summed E-state index contributed by atoms with van der Waals surface area (Å²) in [7, 11) is 1.83. The van der Waals surface area contributed by atoms with E-state index in [-0.39, 0.29) is 23.7 Å². The van der Waals surface area contributed by atoms with Crippen LogP contribution in [0, 0.1) is 5.41 Å². The van der Waals surface area contributed by atoms with Gasteiger partial charge in [-0.15, -0.1) is 12.4 Å². The first-order valence-corrected chi connectivity index (χ1v) is 5.60. The average Bonchev–Trinajstić information content (AvgIpc) is 2.89. The molecule has 0 bridgehead atoms. The fourth-order valence-corrected chi connectivity index (χ4v) is 2.17. The second-order valence-corrected chi connectivity index (χ2v) is 4.73. The predicted octanol–water partition coefficient (Wildman–Crippen LogP) is 1.66. The van der Waals surface area contributed by atoms with Crippen LogP contribution in [0.3, 0.4) is 0 Å². The van der Waals surface area contributed by atoms with E-state index in [2.05, 4.69) is 5.32 Å². The maximum Gasteiger partial charge on any atom is 0.229 e. The normalized spacial score (nSPS) is 23.2. The Labute approximate surface area is 108 Å². The predicted molar refractivity (Wildman–Crippen MR) is 68.0 cm³/mol. The van der Waals surface area contributed by atoms with E-state index in [1.807, 2.05) is 26.1 Å². The minimum atomic E-state index is -0.249. The summed E-state index contributed by atoms with van der Waals surface area (Å²) in [6.45, 7) is 4.26. The number of furan rings is 1. The number of nitrogens with zero attached hydrogens (tertiary/aromatic N) is 1. The van der Waals surface area contributed by atoms with Gasteiger partial charge in [0, 0.05) is 13.6 Å². The molecule has 1 saturated heterocycles. The molecule has 0 aromatic carbocycles. The number of amides is 1. The zero-order valence-electron chi connectivity index (χ0n) is 10.2. The standard InChI is InChI=1S/C12H18N2O2.ClH/c1-12(5-6-13-9-12)11(15)14(2)8-10-4-3-7-16-10;/h3-4,7,13H,5-6,8-9H2,1-2H3;1H. The molecule has 1 unspecified atom stereocenters. The molecular weight excluding hydrogens is 240 g/mol. The first-order chi connectivity index (χ1) is 7.62. The van der Waals surface area contributed by atoms with Crippen molar-refractivity contribution in [2.45, 2.75) is 19.9 Å². The van der Waals surface area contributed by atoms with Crippen molar-refractivity contribution in [1.82, 2.24) is 10.2 Å². The molecule has 1 aromatic rings. The van der Waals surface area contributed by atoms with E-state index >= 15 is 0 Å². The quantitative estimate of drug-likeness (QED) is 0.897. The van der Waals surface area contributed by atoms with Crippen molar-refractivity contribution in [3.8, 4) is 0 Å². The summed E-state index contributed by atoms with van der Waals surface area (Å²) in [5.74, 6) is 1.01. The van der Waals surface area contributed by atoms with Crippen LogP contribution in [0.1, 0.15) is 19.1 Å². The SMILES string of the molecule is CN(Cc1ccco1)C(=O)C1(C)CCNC1.Cl. The van der Waals surface area contributed by atoms with Crippen molar-refractivity contribution in [3.05, 3.63) is 24.2 Å². The van der Waals surface area contributed by atoms with Gasteiger partial charge < -0.3 is 14.6 Å². The van der Waals surface area contributed by atoms with Gasteiger partial charge in [-0.2, -0.15) is 0 Å². The molecule has 1 aliphatic heterocycles. The molecule has 0 spiro atoms. The van der Waals surface area contributed by atoms with E-state index in [1.165, 1.54) is 0 Å². The zero-order valence-corrected chi connectivity index (χ0v) is 11.0. The molecule has 17 heavy (non-hydrogen) atoms. The number of carbonyl (C=O) groups is 1. The number of carbonyl (C=O) groups excluding carboxylic acids is 1. The second-order valence-electron chi connectivity index (χ2n) is 4.73. The van der Waals surface area contributed by atoms with Gasteiger partial charge >= 0.3 is 0 Å². The third-order valence-corrected chi connectivity index (χ3v) is 3.20. The Bertz CT molecular complexity index is 359. The lowest BCUT2D eigenvalue weighted by molar-refractivity contribution is -0.139. The van der Waals surface area contributed by atoms with Gasteiger partial charge in [0.1, 0.15) is 5.76 Å². The fourth-order valence-electron chi connectivity index (χ4n) is 2.17. The molecule has 0 saturated carbocycles. The lowest BCUT2D eigenvalue weighted by Gasteiger charge is -2.27. The maximum atomic E-state index is 12.2. The minimum Gasteiger partial charge on any atom is -0.467 e. The molecule has 1 aromatic heterocycles. The number of rotatable bonds is 3. The molecule has 0 radical (unpaired) electrons. The molecule has 2 heterocycles. The first-order valence-electron chi connectivity index (χ1n) is 5.60. The van der Waals surface area contributed by atoms with E-state index < -0.39 is 0 Å². The summed E-state index contributed by atoms with van der Waals surface area (Å²) in [6, 6.07) is 3.73. The Kier molecular flexibility index (Phi) is 4.60. The van der Waals surface area contributed by atoms with E-state index in [0.717, 1.165) is 25.3 Å². The molecule has 1 aliphatic rings. The van der Waals surface area contributed by atoms with E-state index in [9.17, 15) is 4.79 Å². The topological polar surface area (TPSA) is 45.5 Å². The van der Waals surface area contributed by atoms with E-state index in [0.29, 0.717) is 6.54 Å². The summed E-state index contributed by atoms with van der Waals surface area (Å²) >= 11 is 0. The van der Waals surface area contributed by atoms with Crippen molar-refractivity contribution < 1.29 is 9.21 Å². The van der Waals surface area contributed by atoms with Gasteiger partial charge in [0.15, 0.2) is 0 Å². The molecule has 1 atom stereocenters. The summed E-state index contributed by atoms with van der Waals surface area (Å²) in [4.78, 5) is 14.0. The van der Waals surface area contributed by atoms with Crippen LogP contribution in [0.5, 0.6) is 0 Å². The van der Waals surface area contributed by atoms with Crippen LogP contribution in [0.4, 0.5) is 0 Å². The van der Waals surface area contributed by atoms with Gasteiger partial charge in [-0.3, -0.25) is 4.79 Å². The Morgan fingerprint density at radius 3 is 2.94 bits per heavy atom. The monoisotopic (exact) mass is 258 g/mol. The van der Waals surface area contributed by atoms with Gasteiger partial charge in [-0.1, -0.05) is 0 Å². The van der Waals surface area contributed by atoms with Crippen LogP contribution in [-0.2, 0) is 11.3 Å². The Hall–Kier alpha value is -1.00. The van der Waals surface area contributed by atoms with Crippen LogP contribution >= 0.6 is 12.4 Å². The van der Waals surface area contributed by atoms with Gasteiger partial charge in [0.05, 0.1) is 18.2 Å². The summed E-state index contributed by atoms with van der Waals surface area (Å²) in [6.07, 6.45) is 2.54. The highest BCUT2D eigenvalue weighted by Crippen LogP contribution is 2.27. The van der Waals surface area contributed by atoms with E-state index in [4.69, 9.17) is 4.42 Å². The molecule has 1 N–H and O–H groups in total. The van der Waals surface area contributed by atoms with Crippen molar-refractivity contribution in [2.24, 2.45) is 5.41 Å². The highest BCUT2D eigenvalue weighted by Gasteiger charge is 2.38. The van der Waals surface area contributed by atoms with Crippen molar-refractivity contribution in [1.29, 1.82) is 0 Å². The Morgan fingerprint density at radius 1 is 1.65 bits per heavy atom. The first kappa shape index (κ1) is 14.1. The third kappa shape index (κ3) is 3.01. The summed E-state index contributed by atoms with van der Waals surface area (Å²) < 4.78 is 5.24. The lowest BCUT2D eigenvalue weighted by atomic mass is 9.88. The maximum absolute atomic E-state index is 12.2. The third-order valence-electron chi connectivity index (χ3n) is 3.20. The van der Waals surface area contributed by atoms with Crippen LogP contribution in [0.2, 0.25) is 0 Å². The molecule has 2 rings (SSSR count). The molecule has 1 amide bonds. The van der Waals surface area contributed by atoms with Crippen molar-refractivity contribution >= 4 is 18.3 Å². The smallest absolute Gasteiger partial charge is 0.229 e. The largest absolute Gasteiger partial charge is 0.467 e. The van der Waals surface area contributed by atoms with Gasteiger partial charge in [-0.05, 0) is 32.0 Å². The lowest BCUT2D eigenvalue weighted by Crippen LogP contribution is -2.41.